The van der Waals surface area contributed by atoms with Crippen LogP contribution in [0.5, 0.6) is 0 Å². The maximum absolute atomic E-state index is 15.1. The fourth-order valence-corrected chi connectivity index (χ4v) is 4.52. The molecule has 0 atom stereocenters. The number of carbonyl (C=O) groups excluding carboxylic acids is 1. The molecule has 0 radical (unpaired) electrons. The van der Waals surface area contributed by atoms with Gasteiger partial charge in [-0.05, 0) is 55.9 Å². The summed E-state index contributed by atoms with van der Waals surface area (Å²) in [4.78, 5) is 40.6. The molecule has 4 aromatic rings. The molecule has 1 aliphatic heterocycles. The summed E-state index contributed by atoms with van der Waals surface area (Å²) in [6.07, 6.45) is 2.68. The molecule has 0 aliphatic carbocycles. The summed E-state index contributed by atoms with van der Waals surface area (Å²) in [5, 5.41) is 5.70. The minimum absolute atomic E-state index is 0.188. The molecular formula is C28H28FN7O2. The van der Waals surface area contributed by atoms with E-state index in [1.165, 1.54) is 18.3 Å². The lowest BCUT2D eigenvalue weighted by Gasteiger charge is -2.34. The Kier molecular flexibility index (Phi) is 6.89. The van der Waals surface area contributed by atoms with Crippen LogP contribution in [-0.2, 0) is 4.79 Å². The number of amides is 1. The smallest absolute Gasteiger partial charge is 0.252 e. The highest BCUT2D eigenvalue weighted by atomic mass is 19.1. The molecule has 194 valence electrons. The van der Waals surface area contributed by atoms with E-state index in [2.05, 4.69) is 49.0 Å². The standard InChI is InChI=1S/C28H28FN7O2/c1-4-24(37)31-19-7-5-6-18(14-19)25-17(2)27(38)32-23-16-30-28(34-26(23)25)33-22-9-8-20(15-21(22)29)36-12-10-35(3)11-13-36/h4-9,14-16H,1,10-13H2,2-3H3,(H,31,37)(H,32,38)(H,30,33,34). The largest absolute Gasteiger partial charge is 0.369 e. The number of halogens is 1. The van der Waals surface area contributed by atoms with Crippen LogP contribution in [0.4, 0.5) is 27.4 Å². The van der Waals surface area contributed by atoms with Gasteiger partial charge in [-0.3, -0.25) is 9.59 Å². The summed E-state index contributed by atoms with van der Waals surface area (Å²) in [6, 6.07) is 12.2. The van der Waals surface area contributed by atoms with Crippen molar-refractivity contribution in [2.45, 2.75) is 6.92 Å². The van der Waals surface area contributed by atoms with Crippen LogP contribution in [0.1, 0.15) is 5.56 Å². The number of aromatic nitrogens is 3. The average Bonchev–Trinajstić information content (AvgIpc) is 2.91. The monoisotopic (exact) mass is 513 g/mol. The number of nitrogens with one attached hydrogen (secondary N) is 3. The molecule has 2 aromatic heterocycles. The highest BCUT2D eigenvalue weighted by Gasteiger charge is 2.18. The van der Waals surface area contributed by atoms with Crippen LogP contribution in [0.25, 0.3) is 22.2 Å². The Hall–Kier alpha value is -4.57. The average molecular weight is 514 g/mol. The summed E-state index contributed by atoms with van der Waals surface area (Å²) in [6.45, 7) is 8.72. The zero-order valence-electron chi connectivity index (χ0n) is 21.2. The number of rotatable bonds is 6. The molecule has 1 aliphatic rings. The number of hydrogen-bond acceptors (Lipinski definition) is 7. The first-order chi connectivity index (χ1) is 18.3. The molecule has 10 heteroatoms. The summed E-state index contributed by atoms with van der Waals surface area (Å²) in [5.74, 6) is -0.565. The van der Waals surface area contributed by atoms with E-state index in [0.29, 0.717) is 33.4 Å². The van der Waals surface area contributed by atoms with Gasteiger partial charge in [0.05, 0.1) is 17.4 Å². The lowest BCUT2D eigenvalue weighted by atomic mass is 10.00. The van der Waals surface area contributed by atoms with E-state index in [0.717, 1.165) is 31.9 Å². The van der Waals surface area contributed by atoms with Gasteiger partial charge in [-0.1, -0.05) is 18.7 Å². The first kappa shape index (κ1) is 25.1. The molecule has 3 heterocycles. The van der Waals surface area contributed by atoms with E-state index in [-0.39, 0.29) is 23.1 Å². The van der Waals surface area contributed by atoms with Gasteiger partial charge in [-0.25, -0.2) is 14.4 Å². The number of likely N-dealkylation sites (N-methyl/N-ethyl adjacent to an activating group) is 1. The third kappa shape index (κ3) is 5.12. The number of benzene rings is 2. The van der Waals surface area contributed by atoms with Crippen molar-refractivity contribution in [3.05, 3.63) is 83.1 Å². The Labute approximate surface area is 219 Å². The van der Waals surface area contributed by atoms with Crippen molar-refractivity contribution in [1.29, 1.82) is 0 Å². The minimum atomic E-state index is -0.409. The van der Waals surface area contributed by atoms with Crippen molar-refractivity contribution in [3.8, 4) is 11.1 Å². The Bertz CT molecular complexity index is 1590. The van der Waals surface area contributed by atoms with Gasteiger partial charge in [0.15, 0.2) is 0 Å². The summed E-state index contributed by atoms with van der Waals surface area (Å²) in [7, 11) is 2.08. The minimum Gasteiger partial charge on any atom is -0.369 e. The van der Waals surface area contributed by atoms with Crippen LogP contribution < -0.4 is 21.1 Å². The Morgan fingerprint density at radius 3 is 2.68 bits per heavy atom. The summed E-state index contributed by atoms with van der Waals surface area (Å²) >= 11 is 0. The number of anilines is 4. The van der Waals surface area contributed by atoms with E-state index in [1.807, 2.05) is 12.1 Å². The van der Waals surface area contributed by atoms with Gasteiger partial charge < -0.3 is 25.4 Å². The Morgan fingerprint density at radius 2 is 1.95 bits per heavy atom. The van der Waals surface area contributed by atoms with Crippen molar-refractivity contribution in [3.63, 3.8) is 0 Å². The van der Waals surface area contributed by atoms with Gasteiger partial charge in [0.25, 0.3) is 5.56 Å². The summed E-state index contributed by atoms with van der Waals surface area (Å²) in [5.41, 5.74) is 4.02. The normalized spacial score (nSPS) is 13.9. The van der Waals surface area contributed by atoms with Crippen molar-refractivity contribution >= 4 is 40.0 Å². The first-order valence-corrected chi connectivity index (χ1v) is 12.3. The molecule has 9 nitrogen and oxygen atoms in total. The maximum atomic E-state index is 15.1. The number of aromatic amines is 1. The van der Waals surface area contributed by atoms with Gasteiger partial charge in [0, 0.05) is 48.7 Å². The van der Waals surface area contributed by atoms with E-state index < -0.39 is 5.82 Å². The van der Waals surface area contributed by atoms with E-state index in [4.69, 9.17) is 0 Å². The zero-order chi connectivity index (χ0) is 26.8. The van der Waals surface area contributed by atoms with Crippen LogP contribution >= 0.6 is 0 Å². The van der Waals surface area contributed by atoms with Gasteiger partial charge >= 0.3 is 0 Å². The van der Waals surface area contributed by atoms with Crippen molar-refractivity contribution in [2.24, 2.45) is 0 Å². The maximum Gasteiger partial charge on any atom is 0.252 e. The highest BCUT2D eigenvalue weighted by molar-refractivity contribution is 6.00. The van der Waals surface area contributed by atoms with Crippen molar-refractivity contribution in [1.82, 2.24) is 19.9 Å². The SMILES string of the molecule is C=CC(=O)Nc1cccc(-c2c(C)c(=O)[nH]c3cnc(Nc4ccc(N5CCN(C)CC5)cc4F)nc23)c1. The van der Waals surface area contributed by atoms with Gasteiger partial charge in [-0.2, -0.15) is 0 Å². The molecule has 1 saturated heterocycles. The quantitative estimate of drug-likeness (QED) is 0.334. The lowest BCUT2D eigenvalue weighted by Crippen LogP contribution is -2.44. The molecular weight excluding hydrogens is 485 g/mol. The zero-order valence-corrected chi connectivity index (χ0v) is 21.2. The second kappa shape index (κ2) is 10.4. The van der Waals surface area contributed by atoms with Crippen LogP contribution in [0.2, 0.25) is 0 Å². The number of nitrogens with zero attached hydrogens (tertiary/aromatic N) is 4. The molecule has 1 amide bonds. The van der Waals surface area contributed by atoms with Gasteiger partial charge in [0.2, 0.25) is 11.9 Å². The molecule has 38 heavy (non-hydrogen) atoms. The van der Waals surface area contributed by atoms with E-state index in [1.54, 1.807) is 31.2 Å². The fourth-order valence-electron chi connectivity index (χ4n) is 4.52. The molecule has 0 spiro atoms. The van der Waals surface area contributed by atoms with Crippen LogP contribution in [-0.4, -0.2) is 59.0 Å². The number of pyridine rings is 1. The molecule has 3 N–H and O–H groups in total. The first-order valence-electron chi connectivity index (χ1n) is 12.3. The third-order valence-corrected chi connectivity index (χ3v) is 6.66. The molecule has 0 bridgehead atoms. The number of hydrogen-bond donors (Lipinski definition) is 3. The van der Waals surface area contributed by atoms with E-state index >= 15 is 4.39 Å². The summed E-state index contributed by atoms with van der Waals surface area (Å²) < 4.78 is 15.1. The van der Waals surface area contributed by atoms with Crippen molar-refractivity contribution in [2.75, 3.05) is 48.8 Å². The molecule has 0 unspecified atom stereocenters. The number of piperazine rings is 1. The molecule has 0 saturated carbocycles. The van der Waals surface area contributed by atoms with Gasteiger partial charge in [-0.15, -0.1) is 0 Å². The van der Waals surface area contributed by atoms with Crippen LogP contribution in [0.15, 0.2) is 66.1 Å². The Morgan fingerprint density at radius 1 is 1.16 bits per heavy atom. The molecule has 5 rings (SSSR count). The topological polar surface area (TPSA) is 106 Å². The highest BCUT2D eigenvalue weighted by Crippen LogP contribution is 2.31. The van der Waals surface area contributed by atoms with Crippen LogP contribution in [0.3, 0.4) is 0 Å². The van der Waals surface area contributed by atoms with Crippen LogP contribution in [0, 0.1) is 12.7 Å². The molecule has 1 fully saturated rings. The predicted octanol–water partition coefficient (Wildman–Crippen LogP) is 4.05. The van der Waals surface area contributed by atoms with Gasteiger partial charge in [0.1, 0.15) is 11.3 Å². The predicted molar refractivity (Wildman–Crippen MR) is 149 cm³/mol. The second-order valence-electron chi connectivity index (χ2n) is 9.26. The Balaban J connectivity index is 1.49. The lowest BCUT2D eigenvalue weighted by molar-refractivity contribution is -0.111. The van der Waals surface area contributed by atoms with E-state index in [9.17, 15) is 9.59 Å². The van der Waals surface area contributed by atoms with Crippen molar-refractivity contribution < 1.29 is 9.18 Å². The second-order valence-corrected chi connectivity index (χ2v) is 9.26. The molecule has 2 aromatic carbocycles. The fraction of sp³-hybridized carbons (Fsp3) is 0.214. The number of carbonyl (C=O) groups is 1. The number of H-pyrrole nitrogens is 1. The third-order valence-electron chi connectivity index (χ3n) is 6.66. The number of fused-ring (bicyclic) bond motifs is 1.